The van der Waals surface area contributed by atoms with Crippen molar-refractivity contribution in [3.05, 3.63) is 53.9 Å². The molecule has 0 bridgehead atoms. The van der Waals surface area contributed by atoms with Gasteiger partial charge >= 0.3 is 5.97 Å². The largest absolute Gasteiger partial charge is 0.465 e. The minimum absolute atomic E-state index is 0.112. The van der Waals surface area contributed by atoms with Gasteiger partial charge in [-0.15, -0.1) is 0 Å². The van der Waals surface area contributed by atoms with Crippen LogP contribution < -0.4 is 5.32 Å². The lowest BCUT2D eigenvalue weighted by atomic mass is 10.0. The Morgan fingerprint density at radius 1 is 1.10 bits per heavy atom. The Hall–Kier alpha value is -2.97. The van der Waals surface area contributed by atoms with E-state index in [0.29, 0.717) is 61.8 Å². The third kappa shape index (κ3) is 4.08. The van der Waals surface area contributed by atoms with Crippen molar-refractivity contribution >= 4 is 23.3 Å². The van der Waals surface area contributed by atoms with Crippen molar-refractivity contribution in [3.63, 3.8) is 0 Å². The first-order chi connectivity index (χ1) is 14.1. The Bertz CT molecular complexity index is 883. The molecule has 0 aliphatic carbocycles. The molecule has 2 saturated heterocycles. The van der Waals surface area contributed by atoms with E-state index in [1.807, 2.05) is 6.07 Å². The number of likely N-dealkylation sites (tertiary alicyclic amines) is 1. The number of benzene rings is 1. The van der Waals surface area contributed by atoms with Crippen molar-refractivity contribution in [3.8, 4) is 0 Å². The summed E-state index contributed by atoms with van der Waals surface area (Å²) in [6, 6.07) is 10.5. The monoisotopic (exact) mass is 397 g/mol. The molecule has 1 N–H and O–H groups in total. The molecule has 1 aromatic carbocycles. The molecule has 0 unspecified atom stereocenters. The van der Waals surface area contributed by atoms with E-state index in [4.69, 9.17) is 14.2 Å². The zero-order valence-electron chi connectivity index (χ0n) is 16.2. The van der Waals surface area contributed by atoms with Gasteiger partial charge in [-0.25, -0.2) is 9.78 Å². The molecule has 0 atom stereocenters. The first-order valence-electron chi connectivity index (χ1n) is 9.58. The number of nitrogens with one attached hydrogen (secondary N) is 1. The molecule has 4 rings (SSSR count). The molecule has 2 aliphatic rings. The van der Waals surface area contributed by atoms with Crippen LogP contribution in [-0.4, -0.2) is 61.0 Å². The van der Waals surface area contributed by atoms with Gasteiger partial charge in [0, 0.05) is 25.9 Å². The highest BCUT2D eigenvalue weighted by Crippen LogP contribution is 2.31. The number of rotatable bonds is 4. The van der Waals surface area contributed by atoms with E-state index >= 15 is 0 Å². The number of amides is 1. The Balaban J connectivity index is 1.41. The second-order valence-electron chi connectivity index (χ2n) is 6.99. The maximum Gasteiger partial charge on any atom is 0.339 e. The van der Waals surface area contributed by atoms with Crippen molar-refractivity contribution < 1.29 is 23.8 Å². The van der Waals surface area contributed by atoms with Gasteiger partial charge in [0.05, 0.1) is 43.5 Å². The van der Waals surface area contributed by atoms with Crippen molar-refractivity contribution in [2.45, 2.75) is 18.6 Å². The number of carbonyl (C=O) groups is 2. The summed E-state index contributed by atoms with van der Waals surface area (Å²) in [5.74, 6) is -1.05. The molecule has 29 heavy (non-hydrogen) atoms. The van der Waals surface area contributed by atoms with Crippen LogP contribution in [0.2, 0.25) is 0 Å². The minimum Gasteiger partial charge on any atom is -0.465 e. The van der Waals surface area contributed by atoms with Crippen molar-refractivity contribution in [2.24, 2.45) is 0 Å². The van der Waals surface area contributed by atoms with Crippen LogP contribution in [0.3, 0.4) is 0 Å². The third-order valence-electron chi connectivity index (χ3n) is 5.22. The summed E-state index contributed by atoms with van der Waals surface area (Å²) in [5, 5.41) is 3.15. The van der Waals surface area contributed by atoms with Gasteiger partial charge in [-0.3, -0.25) is 4.79 Å². The third-order valence-corrected chi connectivity index (χ3v) is 5.22. The van der Waals surface area contributed by atoms with E-state index in [9.17, 15) is 9.59 Å². The van der Waals surface area contributed by atoms with E-state index < -0.39 is 11.8 Å². The van der Waals surface area contributed by atoms with E-state index in [1.165, 1.54) is 7.11 Å². The van der Waals surface area contributed by atoms with Gasteiger partial charge in [-0.2, -0.15) is 0 Å². The Kier molecular flexibility index (Phi) is 5.46. The Morgan fingerprint density at radius 2 is 1.83 bits per heavy atom. The van der Waals surface area contributed by atoms with Gasteiger partial charge in [-0.05, 0) is 24.3 Å². The molecule has 152 valence electrons. The fraction of sp³-hybridized carbons (Fsp3) is 0.381. The zero-order chi connectivity index (χ0) is 20.3. The lowest BCUT2D eigenvalue weighted by molar-refractivity contribution is -0.181. The predicted octanol–water partition coefficient (Wildman–Crippen LogP) is 2.59. The molecular weight excluding hydrogens is 374 g/mol. The fourth-order valence-corrected chi connectivity index (χ4v) is 3.63. The number of carbonyl (C=O) groups excluding carboxylic acids is 2. The number of methoxy groups -OCH3 is 1. The Labute approximate surface area is 168 Å². The average Bonchev–Trinajstić information content (AvgIpc) is 3.22. The van der Waals surface area contributed by atoms with Crippen molar-refractivity contribution in [1.29, 1.82) is 0 Å². The number of aromatic nitrogens is 1. The minimum atomic E-state index is -0.509. The average molecular weight is 397 g/mol. The molecule has 0 radical (unpaired) electrons. The SMILES string of the molecule is COC(=O)c1ccccc1Nc1ccc(C(=O)N2CCC3(CC2)OCCO3)nc1. The summed E-state index contributed by atoms with van der Waals surface area (Å²) >= 11 is 0. The van der Waals surface area contributed by atoms with Gasteiger partial charge in [0.1, 0.15) is 5.69 Å². The zero-order valence-corrected chi connectivity index (χ0v) is 16.2. The molecule has 1 aromatic heterocycles. The first kappa shape index (κ1) is 19.4. The number of para-hydroxylation sites is 1. The van der Waals surface area contributed by atoms with Crippen molar-refractivity contribution in [1.82, 2.24) is 9.88 Å². The highest BCUT2D eigenvalue weighted by atomic mass is 16.7. The van der Waals surface area contributed by atoms with Gasteiger partial charge < -0.3 is 24.4 Å². The summed E-state index contributed by atoms with van der Waals surface area (Å²) in [7, 11) is 1.34. The van der Waals surface area contributed by atoms with Crippen LogP contribution in [0.4, 0.5) is 11.4 Å². The highest BCUT2D eigenvalue weighted by molar-refractivity contribution is 5.96. The molecule has 2 fully saturated rings. The summed E-state index contributed by atoms with van der Waals surface area (Å²) in [6.07, 6.45) is 2.92. The van der Waals surface area contributed by atoms with Crippen LogP contribution in [0, 0.1) is 0 Å². The smallest absolute Gasteiger partial charge is 0.339 e. The summed E-state index contributed by atoms with van der Waals surface area (Å²) in [6.45, 7) is 2.38. The lowest BCUT2D eigenvalue weighted by Crippen LogP contribution is -2.47. The number of piperidine rings is 1. The fourth-order valence-electron chi connectivity index (χ4n) is 3.63. The molecule has 2 aliphatic heterocycles. The van der Waals surface area contributed by atoms with E-state index in [2.05, 4.69) is 10.3 Å². The lowest BCUT2D eigenvalue weighted by Gasteiger charge is -2.37. The van der Waals surface area contributed by atoms with E-state index in [0.717, 1.165) is 0 Å². The van der Waals surface area contributed by atoms with Crippen LogP contribution in [0.5, 0.6) is 0 Å². The number of pyridine rings is 1. The highest BCUT2D eigenvalue weighted by Gasteiger charge is 2.41. The Morgan fingerprint density at radius 3 is 2.48 bits per heavy atom. The second kappa shape index (κ2) is 8.18. The van der Waals surface area contributed by atoms with Gasteiger partial charge in [0.15, 0.2) is 5.79 Å². The van der Waals surface area contributed by atoms with Crippen LogP contribution >= 0.6 is 0 Å². The molecule has 3 heterocycles. The topological polar surface area (TPSA) is 90.0 Å². The number of nitrogens with zero attached hydrogens (tertiary/aromatic N) is 2. The summed E-state index contributed by atoms with van der Waals surface area (Å²) in [4.78, 5) is 30.7. The molecular formula is C21H23N3O5. The van der Waals surface area contributed by atoms with Crippen LogP contribution in [0.25, 0.3) is 0 Å². The molecule has 0 saturated carbocycles. The molecule has 8 heteroatoms. The van der Waals surface area contributed by atoms with Gasteiger partial charge in [0.25, 0.3) is 5.91 Å². The molecule has 1 amide bonds. The second-order valence-corrected chi connectivity index (χ2v) is 6.99. The summed E-state index contributed by atoms with van der Waals surface area (Å²) in [5.41, 5.74) is 2.08. The maximum absolute atomic E-state index is 12.8. The quantitative estimate of drug-likeness (QED) is 0.793. The standard InChI is InChI=1S/C21H23N3O5/c1-27-20(26)16-4-2-3-5-17(16)23-15-6-7-18(22-14-15)19(25)24-10-8-21(9-11-24)28-12-13-29-21/h2-7,14,23H,8-13H2,1H3. The van der Waals surface area contributed by atoms with Crippen molar-refractivity contribution in [2.75, 3.05) is 38.7 Å². The number of anilines is 2. The first-order valence-corrected chi connectivity index (χ1v) is 9.58. The van der Waals surface area contributed by atoms with Crippen LogP contribution in [0.1, 0.15) is 33.7 Å². The number of hydrogen-bond donors (Lipinski definition) is 1. The van der Waals surface area contributed by atoms with E-state index in [-0.39, 0.29) is 5.91 Å². The molecule has 2 aromatic rings. The van der Waals surface area contributed by atoms with Gasteiger partial charge in [0.2, 0.25) is 0 Å². The van der Waals surface area contributed by atoms with Crippen LogP contribution in [-0.2, 0) is 14.2 Å². The molecule has 1 spiro atoms. The summed E-state index contributed by atoms with van der Waals surface area (Å²) < 4.78 is 16.2. The van der Waals surface area contributed by atoms with Crippen LogP contribution in [0.15, 0.2) is 42.6 Å². The van der Waals surface area contributed by atoms with E-state index in [1.54, 1.807) is 41.4 Å². The van der Waals surface area contributed by atoms with Gasteiger partial charge in [-0.1, -0.05) is 12.1 Å². The predicted molar refractivity (Wildman–Crippen MR) is 105 cm³/mol. The molecule has 8 nitrogen and oxygen atoms in total. The normalized spacial score (nSPS) is 17.9. The number of ether oxygens (including phenoxy) is 3. The number of esters is 1. The number of hydrogen-bond acceptors (Lipinski definition) is 7. The maximum atomic E-state index is 12.8.